The molecule has 0 saturated heterocycles. The topological polar surface area (TPSA) is 110 Å². The van der Waals surface area contributed by atoms with Crippen LogP contribution in [0.25, 0.3) is 0 Å². The average Bonchev–Trinajstić information content (AvgIpc) is 2.40. The summed E-state index contributed by atoms with van der Waals surface area (Å²) in [4.78, 5) is 24.4. The quantitative estimate of drug-likeness (QED) is 0.410. The first-order valence-corrected chi connectivity index (χ1v) is 5.69. The largest absolute Gasteiger partial charge is 0.508 e. The van der Waals surface area contributed by atoms with Gasteiger partial charge in [0.05, 0.1) is 13.2 Å². The third-order valence-corrected chi connectivity index (χ3v) is 2.35. The predicted octanol–water partition coefficient (Wildman–Crippen LogP) is -0.856. The van der Waals surface area contributed by atoms with Crippen molar-refractivity contribution in [2.24, 2.45) is 0 Å². The van der Waals surface area contributed by atoms with E-state index >= 15 is 0 Å². The van der Waals surface area contributed by atoms with Crippen LogP contribution in [0.4, 0.5) is 5.69 Å². The Kier molecular flexibility index (Phi) is 5.77. The number of anilines is 1. The lowest BCUT2D eigenvalue weighted by Gasteiger charge is -2.19. The minimum absolute atomic E-state index is 0.0254. The number of aliphatic hydroxyl groups excluding tert-OH is 2. The standard InChI is InChI=1S/C12H16N2O5/c15-7-5-14(6-8-16)12(19)11(18)13-9-1-3-10(17)4-2-9/h1-4,15-17H,5-8H2,(H,13,18). The van der Waals surface area contributed by atoms with Gasteiger partial charge < -0.3 is 25.5 Å². The molecule has 1 aromatic carbocycles. The smallest absolute Gasteiger partial charge is 0.313 e. The summed E-state index contributed by atoms with van der Waals surface area (Å²) in [6, 6.07) is 5.64. The summed E-state index contributed by atoms with van der Waals surface area (Å²) in [7, 11) is 0. The fourth-order valence-electron chi connectivity index (χ4n) is 1.43. The Morgan fingerprint density at radius 2 is 1.58 bits per heavy atom. The van der Waals surface area contributed by atoms with E-state index in [4.69, 9.17) is 15.3 Å². The summed E-state index contributed by atoms with van der Waals surface area (Å²) in [5.41, 5.74) is 0.365. The molecule has 7 heteroatoms. The molecule has 7 nitrogen and oxygen atoms in total. The Balaban J connectivity index is 2.65. The van der Waals surface area contributed by atoms with Crippen LogP contribution in [0.1, 0.15) is 0 Å². The first-order chi connectivity index (χ1) is 9.08. The van der Waals surface area contributed by atoms with E-state index in [9.17, 15) is 9.59 Å². The van der Waals surface area contributed by atoms with Crippen LogP contribution < -0.4 is 5.32 Å². The van der Waals surface area contributed by atoms with E-state index in [0.29, 0.717) is 5.69 Å². The zero-order valence-electron chi connectivity index (χ0n) is 10.2. The van der Waals surface area contributed by atoms with Crippen molar-refractivity contribution in [3.63, 3.8) is 0 Å². The number of nitrogens with zero attached hydrogens (tertiary/aromatic N) is 1. The van der Waals surface area contributed by atoms with Gasteiger partial charge >= 0.3 is 11.8 Å². The van der Waals surface area contributed by atoms with E-state index in [1.165, 1.54) is 24.3 Å². The minimum Gasteiger partial charge on any atom is -0.508 e. The van der Waals surface area contributed by atoms with Gasteiger partial charge in [0.1, 0.15) is 5.75 Å². The van der Waals surface area contributed by atoms with Gasteiger partial charge in [-0.2, -0.15) is 0 Å². The summed E-state index contributed by atoms with van der Waals surface area (Å²) >= 11 is 0. The number of phenolic OH excluding ortho intramolecular Hbond substituents is 1. The highest BCUT2D eigenvalue weighted by atomic mass is 16.3. The van der Waals surface area contributed by atoms with Gasteiger partial charge in [0.15, 0.2) is 0 Å². The van der Waals surface area contributed by atoms with Gasteiger partial charge in [0, 0.05) is 18.8 Å². The number of nitrogens with one attached hydrogen (secondary N) is 1. The highest BCUT2D eigenvalue weighted by Crippen LogP contribution is 2.13. The van der Waals surface area contributed by atoms with Crippen LogP contribution in [0, 0.1) is 0 Å². The summed E-state index contributed by atoms with van der Waals surface area (Å²) < 4.78 is 0. The van der Waals surface area contributed by atoms with Crippen molar-refractivity contribution in [2.45, 2.75) is 0 Å². The number of hydrogen-bond donors (Lipinski definition) is 4. The molecule has 0 radical (unpaired) electrons. The Morgan fingerprint density at radius 1 is 1.05 bits per heavy atom. The second-order valence-corrected chi connectivity index (χ2v) is 3.74. The molecule has 19 heavy (non-hydrogen) atoms. The molecular formula is C12H16N2O5. The van der Waals surface area contributed by atoms with Crippen LogP contribution >= 0.6 is 0 Å². The second kappa shape index (κ2) is 7.34. The molecule has 0 atom stereocenters. The molecule has 0 aliphatic heterocycles. The van der Waals surface area contributed by atoms with E-state index in [0.717, 1.165) is 4.90 Å². The molecule has 1 aromatic rings. The van der Waals surface area contributed by atoms with Gasteiger partial charge in [0.25, 0.3) is 0 Å². The lowest BCUT2D eigenvalue weighted by atomic mass is 10.3. The molecule has 0 aromatic heterocycles. The highest BCUT2D eigenvalue weighted by molar-refractivity contribution is 6.39. The molecule has 0 spiro atoms. The molecule has 0 aliphatic carbocycles. The number of benzene rings is 1. The Bertz CT molecular complexity index is 426. The Hall–Kier alpha value is -2.12. The molecule has 4 N–H and O–H groups in total. The molecule has 0 unspecified atom stereocenters. The first kappa shape index (κ1) is 14.9. The summed E-state index contributed by atoms with van der Waals surface area (Å²) in [5.74, 6) is -1.66. The van der Waals surface area contributed by atoms with Crippen molar-refractivity contribution in [3.05, 3.63) is 24.3 Å². The van der Waals surface area contributed by atoms with E-state index in [2.05, 4.69) is 5.32 Å². The number of rotatable bonds is 5. The fraction of sp³-hybridized carbons (Fsp3) is 0.333. The maximum atomic E-state index is 11.7. The van der Waals surface area contributed by atoms with E-state index < -0.39 is 11.8 Å². The van der Waals surface area contributed by atoms with Gasteiger partial charge in [-0.3, -0.25) is 9.59 Å². The first-order valence-electron chi connectivity index (χ1n) is 5.69. The zero-order chi connectivity index (χ0) is 14.3. The third kappa shape index (κ3) is 4.57. The monoisotopic (exact) mass is 268 g/mol. The second-order valence-electron chi connectivity index (χ2n) is 3.74. The maximum absolute atomic E-state index is 11.7. The number of aliphatic hydroxyl groups is 2. The van der Waals surface area contributed by atoms with Crippen LogP contribution in [-0.2, 0) is 9.59 Å². The summed E-state index contributed by atoms with van der Waals surface area (Å²) in [5, 5.41) is 29.0. The van der Waals surface area contributed by atoms with Gasteiger partial charge in [-0.25, -0.2) is 0 Å². The molecule has 2 amide bonds. The third-order valence-electron chi connectivity index (χ3n) is 2.35. The molecule has 0 bridgehead atoms. The van der Waals surface area contributed by atoms with Crippen LogP contribution in [0.3, 0.4) is 0 Å². The summed E-state index contributed by atoms with van der Waals surface area (Å²) in [6.07, 6.45) is 0. The maximum Gasteiger partial charge on any atom is 0.313 e. The summed E-state index contributed by atoms with van der Waals surface area (Å²) in [6.45, 7) is -0.638. The average molecular weight is 268 g/mol. The fourth-order valence-corrected chi connectivity index (χ4v) is 1.43. The van der Waals surface area contributed by atoms with Gasteiger partial charge in [0.2, 0.25) is 0 Å². The number of carbonyl (C=O) groups is 2. The molecule has 0 heterocycles. The lowest BCUT2D eigenvalue weighted by molar-refractivity contribution is -0.143. The number of phenols is 1. The van der Waals surface area contributed by atoms with Gasteiger partial charge in [-0.1, -0.05) is 0 Å². The van der Waals surface area contributed by atoms with Crippen molar-refractivity contribution in [1.82, 2.24) is 4.90 Å². The lowest BCUT2D eigenvalue weighted by Crippen LogP contribution is -2.42. The number of amides is 2. The molecule has 104 valence electrons. The SMILES string of the molecule is O=C(Nc1ccc(O)cc1)C(=O)N(CCO)CCO. The number of carbonyl (C=O) groups excluding carboxylic acids is 2. The van der Waals surface area contributed by atoms with Crippen LogP contribution in [0.15, 0.2) is 24.3 Å². The van der Waals surface area contributed by atoms with Crippen LogP contribution in [0.2, 0.25) is 0 Å². The van der Waals surface area contributed by atoms with Crippen molar-refractivity contribution >= 4 is 17.5 Å². The normalized spacial score (nSPS) is 10.0. The predicted molar refractivity (Wildman–Crippen MR) is 67.5 cm³/mol. The van der Waals surface area contributed by atoms with E-state index in [1.807, 2.05) is 0 Å². The number of hydrogen-bond acceptors (Lipinski definition) is 5. The Morgan fingerprint density at radius 3 is 2.05 bits per heavy atom. The van der Waals surface area contributed by atoms with Crippen LogP contribution in [0.5, 0.6) is 5.75 Å². The van der Waals surface area contributed by atoms with Crippen molar-refractivity contribution in [1.29, 1.82) is 0 Å². The van der Waals surface area contributed by atoms with E-state index in [-0.39, 0.29) is 32.1 Å². The molecule has 0 saturated carbocycles. The molecule has 1 rings (SSSR count). The van der Waals surface area contributed by atoms with Crippen molar-refractivity contribution < 1.29 is 24.9 Å². The Labute approximate surface area is 110 Å². The molecule has 0 fully saturated rings. The van der Waals surface area contributed by atoms with Crippen LogP contribution in [-0.4, -0.2) is 58.3 Å². The van der Waals surface area contributed by atoms with Gasteiger partial charge in [-0.05, 0) is 24.3 Å². The van der Waals surface area contributed by atoms with Crippen molar-refractivity contribution in [3.8, 4) is 5.75 Å². The number of aromatic hydroxyl groups is 1. The van der Waals surface area contributed by atoms with Crippen molar-refractivity contribution in [2.75, 3.05) is 31.6 Å². The van der Waals surface area contributed by atoms with E-state index in [1.54, 1.807) is 0 Å². The molecule has 0 aliphatic rings. The molecular weight excluding hydrogens is 252 g/mol. The zero-order valence-corrected chi connectivity index (χ0v) is 10.2. The minimum atomic E-state index is -0.868. The highest BCUT2D eigenvalue weighted by Gasteiger charge is 2.21. The van der Waals surface area contributed by atoms with Gasteiger partial charge in [-0.15, -0.1) is 0 Å².